The molecule has 0 spiro atoms. The maximum atomic E-state index is 5.42. The Balaban J connectivity index is 2.01. The van der Waals surface area contributed by atoms with Crippen molar-refractivity contribution in [3.8, 4) is 5.88 Å². The van der Waals surface area contributed by atoms with E-state index in [1.165, 1.54) is 0 Å². The molecule has 2 aromatic rings. The third-order valence-electron chi connectivity index (χ3n) is 4.04. The van der Waals surface area contributed by atoms with Crippen LogP contribution in [0, 0.1) is 0 Å². The number of aromatic amines is 1. The van der Waals surface area contributed by atoms with E-state index in [0.29, 0.717) is 12.5 Å². The molecule has 2 N–H and O–H groups in total. The number of nitrogens with one attached hydrogen (secondary N) is 2. The van der Waals surface area contributed by atoms with Crippen LogP contribution in [-0.4, -0.2) is 34.6 Å². The summed E-state index contributed by atoms with van der Waals surface area (Å²) in [5.41, 5.74) is 1.87. The van der Waals surface area contributed by atoms with Gasteiger partial charge < -0.3 is 15.0 Å². The van der Waals surface area contributed by atoms with Crippen LogP contribution in [0.5, 0.6) is 5.88 Å². The van der Waals surface area contributed by atoms with Crippen LogP contribution in [0.1, 0.15) is 32.5 Å². The highest BCUT2D eigenvalue weighted by molar-refractivity contribution is 5.71. The highest BCUT2D eigenvalue weighted by Gasteiger charge is 2.36. The lowest BCUT2D eigenvalue weighted by Gasteiger charge is -2.23. The molecule has 0 bridgehead atoms. The molecule has 1 unspecified atom stereocenters. The molecule has 1 aliphatic rings. The molecule has 5 heteroatoms. The number of pyridine rings is 1. The first-order chi connectivity index (χ1) is 9.27. The fourth-order valence-corrected chi connectivity index (χ4v) is 2.77. The summed E-state index contributed by atoms with van der Waals surface area (Å²) in [5.74, 6) is 1.69. The molecule has 0 aliphatic carbocycles. The minimum atomic E-state index is 0.131. The van der Waals surface area contributed by atoms with E-state index in [2.05, 4.69) is 22.2 Å². The average Bonchev–Trinajstić information content (AvgIpc) is 3.05. The van der Waals surface area contributed by atoms with E-state index in [0.717, 1.165) is 42.9 Å². The monoisotopic (exact) mass is 260 g/mol. The van der Waals surface area contributed by atoms with Gasteiger partial charge in [0.15, 0.2) is 5.65 Å². The van der Waals surface area contributed by atoms with Gasteiger partial charge in [-0.1, -0.05) is 6.92 Å². The number of aromatic nitrogens is 3. The minimum Gasteiger partial charge on any atom is -0.478 e. The maximum absolute atomic E-state index is 5.42. The molecule has 1 saturated heterocycles. The summed E-state index contributed by atoms with van der Waals surface area (Å²) >= 11 is 0. The molecule has 1 atom stereocenters. The number of fused-ring (bicyclic) bond motifs is 1. The van der Waals surface area contributed by atoms with E-state index in [-0.39, 0.29) is 5.41 Å². The molecule has 1 aliphatic heterocycles. The first-order valence-electron chi connectivity index (χ1n) is 6.98. The van der Waals surface area contributed by atoms with Crippen molar-refractivity contribution in [2.45, 2.75) is 32.1 Å². The second-order valence-corrected chi connectivity index (χ2v) is 5.10. The number of hydrogen-bond donors (Lipinski definition) is 2. The van der Waals surface area contributed by atoms with Crippen molar-refractivity contribution < 1.29 is 4.74 Å². The van der Waals surface area contributed by atoms with Gasteiger partial charge in [-0.15, -0.1) is 0 Å². The van der Waals surface area contributed by atoms with Gasteiger partial charge in [-0.05, 0) is 32.4 Å². The van der Waals surface area contributed by atoms with Gasteiger partial charge >= 0.3 is 0 Å². The topological polar surface area (TPSA) is 62.8 Å². The third-order valence-corrected chi connectivity index (χ3v) is 4.04. The Morgan fingerprint density at radius 1 is 1.32 bits per heavy atom. The normalized spacial score (nSPS) is 23.1. The fourth-order valence-electron chi connectivity index (χ4n) is 2.77. The van der Waals surface area contributed by atoms with Crippen molar-refractivity contribution in [1.82, 2.24) is 20.3 Å². The highest BCUT2D eigenvalue weighted by Crippen LogP contribution is 2.33. The van der Waals surface area contributed by atoms with Gasteiger partial charge in [0.05, 0.1) is 12.1 Å². The maximum Gasteiger partial charge on any atom is 0.215 e. The Morgan fingerprint density at radius 3 is 2.89 bits per heavy atom. The Bertz CT molecular complexity index is 572. The molecule has 0 radical (unpaired) electrons. The predicted molar refractivity (Wildman–Crippen MR) is 74.5 cm³/mol. The number of rotatable bonds is 4. The summed E-state index contributed by atoms with van der Waals surface area (Å²) < 4.78 is 5.42. The lowest BCUT2D eigenvalue weighted by molar-refractivity contribution is 0.328. The van der Waals surface area contributed by atoms with Crippen LogP contribution in [0.2, 0.25) is 0 Å². The lowest BCUT2D eigenvalue weighted by atomic mass is 9.83. The van der Waals surface area contributed by atoms with Crippen LogP contribution in [0.15, 0.2) is 12.1 Å². The standard InChI is InChI=1S/C14H20N4O/c1-3-14(7-8-15-9-14)13-16-10-5-6-11(19-4-2)17-12(10)18-13/h5-6,15H,3-4,7-9H2,1-2H3,(H,16,17,18). The van der Waals surface area contributed by atoms with Crippen molar-refractivity contribution >= 4 is 11.2 Å². The second-order valence-electron chi connectivity index (χ2n) is 5.10. The van der Waals surface area contributed by atoms with Gasteiger partial charge in [0.1, 0.15) is 5.82 Å². The molecule has 0 saturated carbocycles. The Hall–Kier alpha value is -1.62. The molecule has 0 aromatic carbocycles. The van der Waals surface area contributed by atoms with E-state index < -0.39 is 0 Å². The predicted octanol–water partition coefficient (Wildman–Crippen LogP) is 2.00. The Labute approximate surface area is 112 Å². The third kappa shape index (κ3) is 2.08. The number of hydrogen-bond acceptors (Lipinski definition) is 4. The number of ether oxygens (including phenoxy) is 1. The van der Waals surface area contributed by atoms with E-state index in [9.17, 15) is 0 Å². The fraction of sp³-hybridized carbons (Fsp3) is 0.571. The second kappa shape index (κ2) is 4.81. The smallest absolute Gasteiger partial charge is 0.215 e. The van der Waals surface area contributed by atoms with Gasteiger partial charge in [-0.3, -0.25) is 0 Å². The van der Waals surface area contributed by atoms with Gasteiger partial charge in [0.25, 0.3) is 0 Å². The largest absolute Gasteiger partial charge is 0.478 e. The Morgan fingerprint density at radius 2 is 2.21 bits per heavy atom. The molecule has 3 rings (SSSR count). The Kier molecular flexibility index (Phi) is 3.14. The van der Waals surface area contributed by atoms with E-state index in [1.54, 1.807) is 0 Å². The van der Waals surface area contributed by atoms with Crippen LogP contribution in [0.3, 0.4) is 0 Å². The first kappa shape index (κ1) is 12.4. The molecular weight excluding hydrogens is 240 g/mol. The number of imidazole rings is 1. The molecule has 5 nitrogen and oxygen atoms in total. The summed E-state index contributed by atoms with van der Waals surface area (Å²) in [4.78, 5) is 12.6. The molecular formula is C14H20N4O. The van der Waals surface area contributed by atoms with Crippen molar-refractivity contribution in [2.75, 3.05) is 19.7 Å². The van der Waals surface area contributed by atoms with Gasteiger partial charge in [0, 0.05) is 18.0 Å². The van der Waals surface area contributed by atoms with Crippen molar-refractivity contribution in [2.24, 2.45) is 0 Å². The summed E-state index contributed by atoms with van der Waals surface area (Å²) in [7, 11) is 0. The van der Waals surface area contributed by atoms with Crippen LogP contribution in [0.4, 0.5) is 0 Å². The van der Waals surface area contributed by atoms with E-state index in [4.69, 9.17) is 9.72 Å². The zero-order chi connectivity index (χ0) is 13.3. The summed E-state index contributed by atoms with van der Waals surface area (Å²) in [5, 5.41) is 3.43. The van der Waals surface area contributed by atoms with Gasteiger partial charge in [-0.2, -0.15) is 4.98 Å². The molecule has 2 aromatic heterocycles. The van der Waals surface area contributed by atoms with Gasteiger partial charge in [0.2, 0.25) is 5.88 Å². The summed E-state index contributed by atoms with van der Waals surface area (Å²) in [6.07, 6.45) is 2.21. The van der Waals surface area contributed by atoms with E-state index >= 15 is 0 Å². The zero-order valence-electron chi connectivity index (χ0n) is 11.5. The van der Waals surface area contributed by atoms with Crippen molar-refractivity contribution in [3.63, 3.8) is 0 Å². The average molecular weight is 260 g/mol. The summed E-state index contributed by atoms with van der Waals surface area (Å²) in [6.45, 7) is 6.85. The highest BCUT2D eigenvalue weighted by atomic mass is 16.5. The zero-order valence-corrected chi connectivity index (χ0v) is 11.5. The number of H-pyrrole nitrogens is 1. The minimum absolute atomic E-state index is 0.131. The summed E-state index contributed by atoms with van der Waals surface area (Å²) in [6, 6.07) is 3.88. The SMILES string of the molecule is CCOc1ccc2[nH]c(C3(CC)CCNC3)nc2n1. The van der Waals surface area contributed by atoms with Crippen molar-refractivity contribution in [3.05, 3.63) is 18.0 Å². The number of nitrogens with zero attached hydrogens (tertiary/aromatic N) is 2. The molecule has 102 valence electrons. The van der Waals surface area contributed by atoms with Crippen molar-refractivity contribution in [1.29, 1.82) is 0 Å². The van der Waals surface area contributed by atoms with Crippen LogP contribution in [0.25, 0.3) is 11.2 Å². The molecule has 1 fully saturated rings. The van der Waals surface area contributed by atoms with Crippen LogP contribution in [-0.2, 0) is 5.41 Å². The van der Waals surface area contributed by atoms with E-state index in [1.807, 2.05) is 19.1 Å². The lowest BCUT2D eigenvalue weighted by Crippen LogP contribution is -2.29. The quantitative estimate of drug-likeness (QED) is 0.882. The van der Waals surface area contributed by atoms with Gasteiger partial charge in [-0.25, -0.2) is 4.98 Å². The molecule has 19 heavy (non-hydrogen) atoms. The molecule has 0 amide bonds. The molecule has 3 heterocycles. The first-order valence-corrected chi connectivity index (χ1v) is 6.98. The van der Waals surface area contributed by atoms with Crippen LogP contribution < -0.4 is 10.1 Å². The van der Waals surface area contributed by atoms with Crippen LogP contribution >= 0.6 is 0 Å².